The largest absolute Gasteiger partial charge is 0.497 e. The van der Waals surface area contributed by atoms with Crippen molar-refractivity contribution >= 4 is 33.2 Å². The first-order valence-corrected chi connectivity index (χ1v) is 9.67. The Morgan fingerprint density at radius 2 is 1.69 bits per heavy atom. The minimum atomic E-state index is -3.78. The van der Waals surface area contributed by atoms with Gasteiger partial charge >= 0.3 is 0 Å². The molecule has 0 unspecified atom stereocenters. The zero-order valence-corrected chi connectivity index (χ0v) is 16.5. The summed E-state index contributed by atoms with van der Waals surface area (Å²) in [4.78, 5) is 12.3. The normalized spacial score (nSPS) is 11.7. The molecule has 2 rings (SSSR count). The Kier molecular flexibility index (Phi) is 5.83. The van der Waals surface area contributed by atoms with Crippen molar-refractivity contribution in [2.45, 2.75) is 31.2 Å². The van der Waals surface area contributed by atoms with E-state index in [0.717, 1.165) is 0 Å². The number of halogens is 1. The number of ether oxygens (including phenoxy) is 1. The van der Waals surface area contributed by atoms with Crippen molar-refractivity contribution in [2.75, 3.05) is 11.8 Å². The van der Waals surface area contributed by atoms with Gasteiger partial charge in [0, 0.05) is 5.54 Å². The molecule has 2 N–H and O–H groups in total. The van der Waals surface area contributed by atoms with Crippen molar-refractivity contribution in [3.63, 3.8) is 0 Å². The number of carbonyl (C=O) groups is 1. The molecule has 8 heteroatoms. The van der Waals surface area contributed by atoms with Gasteiger partial charge in [-0.05, 0) is 63.2 Å². The van der Waals surface area contributed by atoms with E-state index in [2.05, 4.69) is 10.0 Å². The van der Waals surface area contributed by atoms with Crippen LogP contribution in [0.15, 0.2) is 47.4 Å². The number of hydrogen-bond acceptors (Lipinski definition) is 4. The standard InChI is InChI=1S/C18H21ClN2O4S/c1-18(2,3)20-17(22)15-10-5-12(11-16(15)19)21-26(23,24)14-8-6-13(25-4)7-9-14/h5-11,21H,1-4H3,(H,20,22). The van der Waals surface area contributed by atoms with Gasteiger partial charge in [-0.15, -0.1) is 0 Å². The predicted octanol–water partition coefficient (Wildman–Crippen LogP) is 3.68. The van der Waals surface area contributed by atoms with Gasteiger partial charge in [-0.25, -0.2) is 8.42 Å². The number of rotatable bonds is 5. The molecule has 0 bridgehead atoms. The number of hydrogen-bond donors (Lipinski definition) is 2. The summed E-state index contributed by atoms with van der Waals surface area (Å²) in [7, 11) is -2.28. The summed E-state index contributed by atoms with van der Waals surface area (Å²) >= 11 is 6.16. The molecule has 0 heterocycles. The highest BCUT2D eigenvalue weighted by molar-refractivity contribution is 7.92. The third kappa shape index (κ3) is 5.12. The summed E-state index contributed by atoms with van der Waals surface area (Å²) in [6.45, 7) is 5.57. The predicted molar refractivity (Wildman–Crippen MR) is 102 cm³/mol. The number of sulfonamides is 1. The zero-order chi connectivity index (χ0) is 19.5. The fourth-order valence-electron chi connectivity index (χ4n) is 2.14. The second-order valence-corrected chi connectivity index (χ2v) is 8.77. The molecule has 0 aromatic heterocycles. The van der Waals surface area contributed by atoms with E-state index >= 15 is 0 Å². The Labute approximate surface area is 158 Å². The quantitative estimate of drug-likeness (QED) is 0.807. The van der Waals surface area contributed by atoms with Gasteiger partial charge < -0.3 is 10.1 Å². The molecule has 0 aliphatic heterocycles. The number of amides is 1. The molecule has 0 aliphatic rings. The molecule has 0 saturated heterocycles. The van der Waals surface area contributed by atoms with Crippen molar-refractivity contribution in [1.82, 2.24) is 5.32 Å². The first-order valence-electron chi connectivity index (χ1n) is 7.81. The lowest BCUT2D eigenvalue weighted by molar-refractivity contribution is 0.0919. The Bertz CT molecular complexity index is 904. The minimum absolute atomic E-state index is 0.0870. The lowest BCUT2D eigenvalue weighted by Gasteiger charge is -2.21. The number of benzene rings is 2. The third-order valence-electron chi connectivity index (χ3n) is 3.32. The van der Waals surface area contributed by atoms with Crippen LogP contribution in [0.3, 0.4) is 0 Å². The third-order valence-corrected chi connectivity index (χ3v) is 5.03. The Balaban J connectivity index is 2.21. The molecular formula is C18H21ClN2O4S. The van der Waals surface area contributed by atoms with Gasteiger partial charge in [0.15, 0.2) is 0 Å². The fraction of sp³-hybridized carbons (Fsp3) is 0.278. The smallest absolute Gasteiger partial charge is 0.261 e. The lowest BCUT2D eigenvalue weighted by Crippen LogP contribution is -2.40. The van der Waals surface area contributed by atoms with Gasteiger partial charge in [-0.3, -0.25) is 9.52 Å². The maximum absolute atomic E-state index is 12.4. The molecule has 140 valence electrons. The highest BCUT2D eigenvalue weighted by Gasteiger charge is 2.19. The van der Waals surface area contributed by atoms with Crippen LogP contribution in [0.5, 0.6) is 5.75 Å². The molecule has 2 aromatic carbocycles. The van der Waals surface area contributed by atoms with Crippen molar-refractivity contribution in [1.29, 1.82) is 0 Å². The molecule has 6 nitrogen and oxygen atoms in total. The van der Waals surface area contributed by atoms with Gasteiger partial charge in [0.2, 0.25) is 0 Å². The summed E-state index contributed by atoms with van der Waals surface area (Å²) in [6, 6.07) is 10.4. The minimum Gasteiger partial charge on any atom is -0.497 e. The summed E-state index contributed by atoms with van der Waals surface area (Å²) in [5.74, 6) is 0.230. The molecule has 0 fully saturated rings. The van der Waals surface area contributed by atoms with Gasteiger partial charge in [0.1, 0.15) is 5.75 Å². The van der Waals surface area contributed by atoms with E-state index in [9.17, 15) is 13.2 Å². The van der Waals surface area contributed by atoms with Crippen molar-refractivity contribution in [3.8, 4) is 5.75 Å². The van der Waals surface area contributed by atoms with E-state index in [1.807, 2.05) is 20.8 Å². The van der Waals surface area contributed by atoms with Crippen LogP contribution in [0.1, 0.15) is 31.1 Å². The second-order valence-electron chi connectivity index (χ2n) is 6.68. The Hall–Kier alpha value is -2.25. The average Bonchev–Trinajstić information content (AvgIpc) is 2.53. The summed E-state index contributed by atoms with van der Waals surface area (Å²) in [5.41, 5.74) is 0.127. The van der Waals surface area contributed by atoms with Gasteiger partial charge in [0.25, 0.3) is 15.9 Å². The maximum atomic E-state index is 12.4. The molecule has 0 radical (unpaired) electrons. The van der Waals surface area contributed by atoms with Crippen LogP contribution in [-0.4, -0.2) is 27.0 Å². The highest BCUT2D eigenvalue weighted by Crippen LogP contribution is 2.24. The molecule has 2 aromatic rings. The van der Waals surface area contributed by atoms with Crippen LogP contribution < -0.4 is 14.8 Å². The monoisotopic (exact) mass is 396 g/mol. The number of methoxy groups -OCH3 is 1. The van der Waals surface area contributed by atoms with E-state index in [1.54, 1.807) is 12.1 Å². The van der Waals surface area contributed by atoms with Crippen LogP contribution in [0.4, 0.5) is 5.69 Å². The Morgan fingerprint density at radius 3 is 2.19 bits per heavy atom. The van der Waals surface area contributed by atoms with E-state index in [0.29, 0.717) is 5.75 Å². The number of carbonyl (C=O) groups excluding carboxylic acids is 1. The van der Waals surface area contributed by atoms with Crippen molar-refractivity contribution in [3.05, 3.63) is 53.1 Å². The van der Waals surface area contributed by atoms with Crippen LogP contribution >= 0.6 is 11.6 Å². The Morgan fingerprint density at radius 1 is 1.08 bits per heavy atom. The van der Waals surface area contributed by atoms with Gasteiger partial charge in [0.05, 0.1) is 28.3 Å². The van der Waals surface area contributed by atoms with E-state index in [4.69, 9.17) is 16.3 Å². The van der Waals surface area contributed by atoms with Crippen LogP contribution in [0.2, 0.25) is 5.02 Å². The summed E-state index contributed by atoms with van der Waals surface area (Å²) < 4.78 is 32.3. The molecule has 0 spiro atoms. The second kappa shape index (κ2) is 7.55. The SMILES string of the molecule is COc1ccc(S(=O)(=O)Nc2ccc(C(=O)NC(C)(C)C)c(Cl)c2)cc1. The van der Waals surface area contributed by atoms with E-state index in [-0.39, 0.29) is 27.1 Å². The number of nitrogens with one attached hydrogen (secondary N) is 2. The average molecular weight is 397 g/mol. The van der Waals surface area contributed by atoms with Crippen LogP contribution in [0.25, 0.3) is 0 Å². The van der Waals surface area contributed by atoms with Gasteiger partial charge in [-0.2, -0.15) is 0 Å². The summed E-state index contributed by atoms with van der Waals surface area (Å²) in [6.07, 6.45) is 0. The van der Waals surface area contributed by atoms with Crippen molar-refractivity contribution in [2.24, 2.45) is 0 Å². The summed E-state index contributed by atoms with van der Waals surface area (Å²) in [5, 5.41) is 2.96. The lowest BCUT2D eigenvalue weighted by atomic mass is 10.1. The highest BCUT2D eigenvalue weighted by atomic mass is 35.5. The molecule has 0 aliphatic carbocycles. The molecule has 0 saturated carbocycles. The zero-order valence-electron chi connectivity index (χ0n) is 15.0. The van der Waals surface area contributed by atoms with Gasteiger partial charge in [-0.1, -0.05) is 11.6 Å². The molecular weight excluding hydrogens is 376 g/mol. The van der Waals surface area contributed by atoms with Crippen LogP contribution in [-0.2, 0) is 10.0 Å². The number of anilines is 1. The van der Waals surface area contributed by atoms with Crippen molar-refractivity contribution < 1.29 is 17.9 Å². The topological polar surface area (TPSA) is 84.5 Å². The van der Waals surface area contributed by atoms with E-state index in [1.165, 1.54) is 37.4 Å². The molecule has 26 heavy (non-hydrogen) atoms. The maximum Gasteiger partial charge on any atom is 0.261 e. The van der Waals surface area contributed by atoms with E-state index < -0.39 is 15.6 Å². The fourth-order valence-corrected chi connectivity index (χ4v) is 3.46. The van der Waals surface area contributed by atoms with Crippen LogP contribution in [0, 0.1) is 0 Å². The molecule has 0 atom stereocenters. The first-order chi connectivity index (χ1) is 12.0. The first kappa shape index (κ1) is 20.1. The molecule has 1 amide bonds.